The molecule has 0 N–H and O–H groups in total. The van der Waals surface area contributed by atoms with Crippen molar-refractivity contribution in [1.82, 2.24) is 9.88 Å². The number of hydrogen-bond donors (Lipinski definition) is 0. The van der Waals surface area contributed by atoms with Crippen molar-refractivity contribution < 1.29 is 9.18 Å². The summed E-state index contributed by atoms with van der Waals surface area (Å²) in [7, 11) is 0. The number of nitrogens with zero attached hydrogens (tertiary/aromatic N) is 3. The maximum atomic E-state index is 13.9. The number of hydrogen-bond acceptors (Lipinski definition) is 4. The molecule has 0 aliphatic carbocycles. The fourth-order valence-corrected chi connectivity index (χ4v) is 4.16. The molecule has 0 saturated carbocycles. The SMILES string of the molecule is O=C(c1cc(Cl)ccc1F)N1CCN(c2ccnc3ccsc23)CC1. The Morgan fingerprint density at radius 1 is 1.16 bits per heavy atom. The Bertz CT molecular complexity index is 937. The number of anilines is 1. The summed E-state index contributed by atoms with van der Waals surface area (Å²) >= 11 is 7.56. The first-order valence-electron chi connectivity index (χ1n) is 7.95. The highest BCUT2D eigenvalue weighted by Gasteiger charge is 2.25. The molecular weight excluding hydrogens is 361 g/mol. The van der Waals surface area contributed by atoms with E-state index < -0.39 is 5.82 Å². The Morgan fingerprint density at radius 3 is 2.76 bits per heavy atom. The summed E-state index contributed by atoms with van der Waals surface area (Å²) in [6, 6.07) is 8.08. The van der Waals surface area contributed by atoms with Crippen LogP contribution in [0.3, 0.4) is 0 Å². The number of thiophene rings is 1. The molecule has 1 aliphatic heterocycles. The Hall–Kier alpha value is -2.18. The molecular formula is C18H15ClFN3OS. The molecule has 7 heteroatoms. The molecule has 0 spiro atoms. The Labute approximate surface area is 153 Å². The molecule has 25 heavy (non-hydrogen) atoms. The van der Waals surface area contributed by atoms with Gasteiger partial charge in [-0.3, -0.25) is 9.78 Å². The number of benzene rings is 1. The molecule has 3 heterocycles. The third kappa shape index (κ3) is 3.07. The molecule has 1 amide bonds. The number of carbonyl (C=O) groups is 1. The fraction of sp³-hybridized carbons (Fsp3) is 0.222. The zero-order chi connectivity index (χ0) is 17.4. The normalized spacial score (nSPS) is 15.0. The van der Waals surface area contributed by atoms with Crippen LogP contribution < -0.4 is 4.90 Å². The van der Waals surface area contributed by atoms with E-state index in [1.165, 1.54) is 18.2 Å². The van der Waals surface area contributed by atoms with E-state index in [0.29, 0.717) is 31.2 Å². The number of rotatable bonds is 2. The number of pyridine rings is 1. The van der Waals surface area contributed by atoms with E-state index in [9.17, 15) is 9.18 Å². The van der Waals surface area contributed by atoms with Crippen LogP contribution in [0.1, 0.15) is 10.4 Å². The lowest BCUT2D eigenvalue weighted by Gasteiger charge is -2.36. The molecule has 1 aliphatic rings. The van der Waals surface area contributed by atoms with Crippen molar-refractivity contribution in [3.05, 3.63) is 58.3 Å². The van der Waals surface area contributed by atoms with E-state index in [2.05, 4.69) is 9.88 Å². The second kappa shape index (κ2) is 6.61. The largest absolute Gasteiger partial charge is 0.367 e. The van der Waals surface area contributed by atoms with E-state index in [4.69, 9.17) is 11.6 Å². The number of halogens is 2. The van der Waals surface area contributed by atoms with Crippen molar-refractivity contribution in [2.45, 2.75) is 0 Å². The summed E-state index contributed by atoms with van der Waals surface area (Å²) in [4.78, 5) is 20.9. The maximum Gasteiger partial charge on any atom is 0.257 e. The second-order valence-corrected chi connectivity index (χ2v) is 7.22. The molecule has 4 rings (SSSR count). The van der Waals surface area contributed by atoms with Gasteiger partial charge < -0.3 is 9.80 Å². The Kier molecular flexibility index (Phi) is 4.31. The molecule has 128 valence electrons. The third-order valence-electron chi connectivity index (χ3n) is 4.39. The van der Waals surface area contributed by atoms with Crippen molar-refractivity contribution in [3.63, 3.8) is 0 Å². The van der Waals surface area contributed by atoms with Crippen LogP contribution in [-0.4, -0.2) is 42.0 Å². The standard InChI is InChI=1S/C18H15ClFN3OS/c19-12-1-2-14(20)13(11-12)18(24)23-8-6-22(7-9-23)16-3-5-21-15-4-10-25-17(15)16/h1-5,10-11H,6-9H2. The summed E-state index contributed by atoms with van der Waals surface area (Å²) in [5.74, 6) is -0.845. The van der Waals surface area contributed by atoms with Crippen molar-refractivity contribution in [2.24, 2.45) is 0 Å². The monoisotopic (exact) mass is 375 g/mol. The zero-order valence-corrected chi connectivity index (χ0v) is 14.9. The number of piperazine rings is 1. The Morgan fingerprint density at radius 2 is 1.96 bits per heavy atom. The highest BCUT2D eigenvalue weighted by atomic mass is 35.5. The molecule has 1 fully saturated rings. The minimum absolute atomic E-state index is 0.0329. The molecule has 0 atom stereocenters. The lowest BCUT2D eigenvalue weighted by molar-refractivity contribution is 0.0742. The van der Waals surface area contributed by atoms with Gasteiger partial charge in [-0.05, 0) is 35.7 Å². The van der Waals surface area contributed by atoms with Gasteiger partial charge in [0.05, 0.1) is 21.5 Å². The first-order valence-corrected chi connectivity index (χ1v) is 9.21. The van der Waals surface area contributed by atoms with Crippen LogP contribution in [0.15, 0.2) is 41.9 Å². The first-order chi connectivity index (χ1) is 12.1. The van der Waals surface area contributed by atoms with Gasteiger partial charge in [-0.2, -0.15) is 0 Å². The third-order valence-corrected chi connectivity index (χ3v) is 5.55. The fourth-order valence-electron chi connectivity index (χ4n) is 3.09. The minimum Gasteiger partial charge on any atom is -0.367 e. The van der Waals surface area contributed by atoms with Crippen LogP contribution >= 0.6 is 22.9 Å². The second-order valence-electron chi connectivity index (χ2n) is 5.87. The summed E-state index contributed by atoms with van der Waals surface area (Å²) in [5, 5.41) is 2.39. The molecule has 4 nitrogen and oxygen atoms in total. The van der Waals surface area contributed by atoms with Crippen molar-refractivity contribution in [2.75, 3.05) is 31.1 Å². The predicted molar refractivity (Wildman–Crippen MR) is 99.1 cm³/mol. The average Bonchev–Trinajstić information content (AvgIpc) is 3.12. The number of fused-ring (bicyclic) bond motifs is 1. The van der Waals surface area contributed by atoms with Crippen LogP contribution in [0.5, 0.6) is 0 Å². The van der Waals surface area contributed by atoms with Crippen LogP contribution in [0.25, 0.3) is 10.2 Å². The lowest BCUT2D eigenvalue weighted by Crippen LogP contribution is -2.49. The molecule has 0 bridgehead atoms. The molecule has 2 aromatic heterocycles. The minimum atomic E-state index is -0.536. The predicted octanol–water partition coefficient (Wildman–Crippen LogP) is 4.05. The van der Waals surface area contributed by atoms with Gasteiger partial charge >= 0.3 is 0 Å². The molecule has 3 aromatic rings. The summed E-state index contributed by atoms with van der Waals surface area (Å²) in [6.45, 7) is 2.48. The van der Waals surface area contributed by atoms with E-state index in [-0.39, 0.29) is 11.5 Å². The highest BCUT2D eigenvalue weighted by Crippen LogP contribution is 2.30. The van der Waals surface area contributed by atoms with E-state index in [1.54, 1.807) is 16.2 Å². The van der Waals surface area contributed by atoms with Crippen LogP contribution in [0, 0.1) is 5.82 Å². The zero-order valence-electron chi connectivity index (χ0n) is 13.3. The topological polar surface area (TPSA) is 36.4 Å². The van der Waals surface area contributed by atoms with Gasteiger partial charge in [0.25, 0.3) is 5.91 Å². The van der Waals surface area contributed by atoms with E-state index in [0.717, 1.165) is 15.9 Å². The Balaban J connectivity index is 1.51. The quantitative estimate of drug-likeness (QED) is 0.678. The number of amides is 1. The highest BCUT2D eigenvalue weighted by molar-refractivity contribution is 7.17. The van der Waals surface area contributed by atoms with Gasteiger partial charge in [0, 0.05) is 37.4 Å². The van der Waals surface area contributed by atoms with Crippen LogP contribution in [0.4, 0.5) is 10.1 Å². The van der Waals surface area contributed by atoms with E-state index in [1.807, 2.05) is 23.7 Å². The van der Waals surface area contributed by atoms with Crippen LogP contribution in [0.2, 0.25) is 5.02 Å². The maximum absolute atomic E-state index is 13.9. The van der Waals surface area contributed by atoms with Crippen molar-refractivity contribution >= 4 is 44.7 Å². The van der Waals surface area contributed by atoms with Gasteiger partial charge in [0.15, 0.2) is 0 Å². The van der Waals surface area contributed by atoms with Gasteiger partial charge in [0.1, 0.15) is 5.82 Å². The molecule has 1 aromatic carbocycles. The van der Waals surface area contributed by atoms with Gasteiger partial charge in [-0.1, -0.05) is 11.6 Å². The van der Waals surface area contributed by atoms with Crippen molar-refractivity contribution in [3.8, 4) is 0 Å². The molecule has 0 radical (unpaired) electrons. The number of carbonyl (C=O) groups excluding carboxylic acids is 1. The smallest absolute Gasteiger partial charge is 0.257 e. The number of aromatic nitrogens is 1. The van der Waals surface area contributed by atoms with Gasteiger partial charge in [-0.25, -0.2) is 4.39 Å². The molecule has 1 saturated heterocycles. The van der Waals surface area contributed by atoms with Crippen molar-refractivity contribution in [1.29, 1.82) is 0 Å². The summed E-state index contributed by atoms with van der Waals surface area (Å²) < 4.78 is 15.1. The summed E-state index contributed by atoms with van der Waals surface area (Å²) in [5.41, 5.74) is 2.16. The van der Waals surface area contributed by atoms with Crippen LogP contribution in [-0.2, 0) is 0 Å². The molecule has 0 unspecified atom stereocenters. The first kappa shape index (κ1) is 16.3. The lowest BCUT2D eigenvalue weighted by atomic mass is 10.1. The van der Waals surface area contributed by atoms with Gasteiger partial charge in [0.2, 0.25) is 0 Å². The average molecular weight is 376 g/mol. The summed E-state index contributed by atoms with van der Waals surface area (Å²) in [6.07, 6.45) is 1.81. The van der Waals surface area contributed by atoms with E-state index >= 15 is 0 Å². The van der Waals surface area contributed by atoms with Gasteiger partial charge in [-0.15, -0.1) is 11.3 Å².